The first-order chi connectivity index (χ1) is 9.99. The van der Waals surface area contributed by atoms with Gasteiger partial charge in [0.1, 0.15) is 0 Å². The van der Waals surface area contributed by atoms with E-state index < -0.39 is 0 Å². The lowest BCUT2D eigenvalue weighted by Gasteiger charge is -2.19. The Bertz CT molecular complexity index is 566. The van der Waals surface area contributed by atoms with Crippen molar-refractivity contribution in [2.45, 2.75) is 39.0 Å². The Labute approximate surface area is 139 Å². The first-order valence-electron chi connectivity index (χ1n) is 6.98. The Kier molecular flexibility index (Phi) is 5.91. The summed E-state index contributed by atoms with van der Waals surface area (Å²) in [6.45, 7) is 1.84. The minimum atomic E-state index is -0.0883. The van der Waals surface area contributed by atoms with Gasteiger partial charge in [0.25, 0.3) is 0 Å². The van der Waals surface area contributed by atoms with Crippen LogP contribution in [0.1, 0.15) is 37.7 Å². The number of ketones is 1. The van der Waals surface area contributed by atoms with Gasteiger partial charge in [-0.1, -0.05) is 54.1 Å². The average Bonchev–Trinajstić information content (AvgIpc) is 2.49. The molecule has 0 saturated heterocycles. The van der Waals surface area contributed by atoms with Gasteiger partial charge in [0.2, 0.25) is 0 Å². The summed E-state index contributed by atoms with van der Waals surface area (Å²) in [5.74, 6) is -0.0875. The van der Waals surface area contributed by atoms with Crippen LogP contribution >= 0.6 is 34.8 Å². The van der Waals surface area contributed by atoms with Crippen molar-refractivity contribution in [1.82, 2.24) is 0 Å². The number of halogens is 3. The van der Waals surface area contributed by atoms with E-state index in [0.717, 1.165) is 31.2 Å². The maximum absolute atomic E-state index is 12.2. The monoisotopic (exact) mass is 346 g/mol. The topological polar surface area (TPSA) is 41.5 Å². The fraction of sp³-hybridized carbons (Fsp3) is 0.467. The normalized spacial score (nSPS) is 16.9. The van der Waals surface area contributed by atoms with Crippen LogP contribution in [-0.2, 0) is 4.79 Å². The van der Waals surface area contributed by atoms with Gasteiger partial charge in [0.05, 0.1) is 5.69 Å². The largest absolute Gasteiger partial charge is 0.291 e. The number of carbonyl (C=O) groups is 1. The minimum Gasteiger partial charge on any atom is -0.291 e. The Balaban J connectivity index is 2.08. The summed E-state index contributed by atoms with van der Waals surface area (Å²) in [5, 5.41) is 5.00. The van der Waals surface area contributed by atoms with E-state index >= 15 is 0 Å². The number of nitrogens with zero attached hydrogens (tertiary/aromatic N) is 1. The van der Waals surface area contributed by atoms with Crippen LogP contribution in [0.4, 0.5) is 5.69 Å². The summed E-state index contributed by atoms with van der Waals surface area (Å²) in [4.78, 5) is 12.2. The van der Waals surface area contributed by atoms with Gasteiger partial charge in [-0.25, -0.2) is 0 Å². The van der Waals surface area contributed by atoms with Gasteiger partial charge in [0.15, 0.2) is 11.0 Å². The molecule has 0 aliphatic heterocycles. The molecule has 0 aromatic heterocycles. The van der Waals surface area contributed by atoms with Crippen LogP contribution in [0.15, 0.2) is 17.2 Å². The van der Waals surface area contributed by atoms with Gasteiger partial charge in [-0.2, -0.15) is 5.10 Å². The molecule has 0 heterocycles. The average molecular weight is 348 g/mol. The third kappa shape index (κ3) is 4.35. The highest BCUT2D eigenvalue weighted by Crippen LogP contribution is 2.29. The molecular weight excluding hydrogens is 331 g/mol. The van der Waals surface area contributed by atoms with E-state index in [1.165, 1.54) is 6.42 Å². The van der Waals surface area contributed by atoms with Gasteiger partial charge in [-0.3, -0.25) is 10.2 Å². The number of hydrazone groups is 1. The molecule has 1 aliphatic carbocycles. The summed E-state index contributed by atoms with van der Waals surface area (Å²) in [6, 6.07) is 3.35. The summed E-state index contributed by atoms with van der Waals surface area (Å²) in [5.41, 5.74) is 4.23. The fourth-order valence-electron chi connectivity index (χ4n) is 2.46. The summed E-state index contributed by atoms with van der Waals surface area (Å²) >= 11 is 18.0. The third-order valence-corrected chi connectivity index (χ3v) is 4.64. The second-order valence-corrected chi connectivity index (χ2v) is 6.48. The highest BCUT2D eigenvalue weighted by atomic mass is 35.5. The van der Waals surface area contributed by atoms with Crippen LogP contribution in [-0.4, -0.2) is 11.0 Å². The first kappa shape index (κ1) is 16.6. The quantitative estimate of drug-likeness (QED) is 0.584. The molecule has 2 rings (SSSR count). The van der Waals surface area contributed by atoms with Crippen molar-refractivity contribution in [2.24, 2.45) is 11.0 Å². The van der Waals surface area contributed by atoms with Crippen LogP contribution in [0.2, 0.25) is 10.0 Å². The lowest BCUT2D eigenvalue weighted by molar-refractivity contribution is -0.117. The number of anilines is 1. The molecule has 3 nitrogen and oxygen atoms in total. The number of hydrogen-bond acceptors (Lipinski definition) is 3. The minimum absolute atomic E-state index is 0.000784. The fourth-order valence-corrected chi connectivity index (χ4v) is 3.15. The van der Waals surface area contributed by atoms with Crippen molar-refractivity contribution in [3.05, 3.63) is 27.7 Å². The van der Waals surface area contributed by atoms with Crippen LogP contribution in [0.25, 0.3) is 0 Å². The van der Waals surface area contributed by atoms with Crippen molar-refractivity contribution in [1.29, 1.82) is 0 Å². The summed E-state index contributed by atoms with van der Waals surface area (Å²) in [6.07, 6.45) is 5.14. The molecule has 0 spiro atoms. The van der Waals surface area contributed by atoms with Crippen molar-refractivity contribution in [2.75, 3.05) is 5.43 Å². The van der Waals surface area contributed by atoms with Crippen LogP contribution in [0.5, 0.6) is 0 Å². The molecule has 0 unspecified atom stereocenters. The molecule has 0 atom stereocenters. The summed E-state index contributed by atoms with van der Waals surface area (Å²) in [7, 11) is 0. The molecule has 1 saturated carbocycles. The van der Waals surface area contributed by atoms with Crippen LogP contribution in [0.3, 0.4) is 0 Å². The molecule has 0 radical (unpaired) electrons. The second kappa shape index (κ2) is 7.48. The molecule has 0 amide bonds. The van der Waals surface area contributed by atoms with Gasteiger partial charge >= 0.3 is 0 Å². The first-order valence-corrected chi connectivity index (χ1v) is 8.11. The van der Waals surface area contributed by atoms with E-state index in [1.54, 1.807) is 12.1 Å². The number of Topliss-reactive ketones (excluding diaryl/α,β-unsaturated/α-hetero) is 1. The predicted molar refractivity (Wildman–Crippen MR) is 89.7 cm³/mol. The SMILES string of the molecule is Cc1c(Cl)cc(Cl)cc1NN=C(Cl)C(=O)C1CCCCC1. The molecule has 1 aromatic rings. The van der Waals surface area contributed by atoms with Crippen molar-refractivity contribution >= 4 is 51.4 Å². The van der Waals surface area contributed by atoms with E-state index in [-0.39, 0.29) is 16.9 Å². The molecule has 1 aromatic carbocycles. The van der Waals surface area contributed by atoms with Crippen LogP contribution in [0, 0.1) is 12.8 Å². The molecule has 6 heteroatoms. The second-order valence-electron chi connectivity index (χ2n) is 5.27. The number of rotatable bonds is 4. The zero-order valence-corrected chi connectivity index (χ0v) is 14.0. The van der Waals surface area contributed by atoms with E-state index in [1.807, 2.05) is 6.92 Å². The Hall–Kier alpha value is -0.770. The van der Waals surface area contributed by atoms with Gasteiger partial charge in [0, 0.05) is 16.0 Å². The standard InChI is InChI=1S/C15H17Cl3N2O/c1-9-12(17)7-11(16)8-13(9)19-20-15(18)14(21)10-5-3-2-4-6-10/h7-8,10,19H,2-6H2,1H3. The van der Waals surface area contributed by atoms with E-state index in [0.29, 0.717) is 15.7 Å². The van der Waals surface area contributed by atoms with E-state index in [2.05, 4.69) is 10.5 Å². The maximum atomic E-state index is 12.2. The van der Waals surface area contributed by atoms with Crippen molar-refractivity contribution in [3.63, 3.8) is 0 Å². The number of hydrogen-bond donors (Lipinski definition) is 1. The van der Waals surface area contributed by atoms with Gasteiger partial charge in [-0.15, -0.1) is 0 Å². The highest BCUT2D eigenvalue weighted by molar-refractivity contribution is 6.83. The molecule has 1 fully saturated rings. The van der Waals surface area contributed by atoms with Crippen molar-refractivity contribution < 1.29 is 4.79 Å². The zero-order valence-electron chi connectivity index (χ0n) is 11.8. The van der Waals surface area contributed by atoms with Crippen molar-refractivity contribution in [3.8, 4) is 0 Å². The van der Waals surface area contributed by atoms with Gasteiger partial charge in [-0.05, 0) is 37.5 Å². The Morgan fingerprint density at radius 3 is 2.57 bits per heavy atom. The lowest BCUT2D eigenvalue weighted by Crippen LogP contribution is -2.23. The molecule has 114 valence electrons. The van der Waals surface area contributed by atoms with E-state index in [9.17, 15) is 4.79 Å². The number of benzene rings is 1. The zero-order chi connectivity index (χ0) is 15.4. The third-order valence-electron chi connectivity index (χ3n) is 3.76. The highest BCUT2D eigenvalue weighted by Gasteiger charge is 2.24. The van der Waals surface area contributed by atoms with Crippen LogP contribution < -0.4 is 5.43 Å². The molecular formula is C15H17Cl3N2O. The van der Waals surface area contributed by atoms with E-state index in [4.69, 9.17) is 34.8 Å². The Morgan fingerprint density at radius 2 is 1.90 bits per heavy atom. The predicted octanol–water partition coefficient (Wildman–Crippen LogP) is 5.42. The smallest absolute Gasteiger partial charge is 0.197 e. The molecule has 21 heavy (non-hydrogen) atoms. The molecule has 1 N–H and O–H groups in total. The van der Waals surface area contributed by atoms with Gasteiger partial charge < -0.3 is 0 Å². The number of nitrogens with one attached hydrogen (secondary N) is 1. The lowest BCUT2D eigenvalue weighted by atomic mass is 9.86. The molecule has 1 aliphatic rings. The Morgan fingerprint density at radius 1 is 1.24 bits per heavy atom. The molecule has 0 bridgehead atoms. The maximum Gasteiger partial charge on any atom is 0.197 e. The summed E-state index contributed by atoms with van der Waals surface area (Å²) < 4.78 is 0. The number of carbonyl (C=O) groups excluding carboxylic acids is 1.